The van der Waals surface area contributed by atoms with Crippen molar-refractivity contribution in [2.24, 2.45) is 0 Å². The molecule has 0 unspecified atom stereocenters. The molecule has 0 aliphatic rings. The summed E-state index contributed by atoms with van der Waals surface area (Å²) in [6.45, 7) is 1.94. The molecule has 0 saturated heterocycles. The molecule has 5 heteroatoms. The molecule has 0 radical (unpaired) electrons. The molecule has 0 aliphatic carbocycles. The summed E-state index contributed by atoms with van der Waals surface area (Å²) in [4.78, 5) is 11.8. The van der Waals surface area contributed by atoms with E-state index in [1.54, 1.807) is 12.1 Å². The van der Waals surface area contributed by atoms with Crippen molar-refractivity contribution in [1.29, 1.82) is 0 Å². The summed E-state index contributed by atoms with van der Waals surface area (Å²) >= 11 is 0. The third-order valence-corrected chi connectivity index (χ3v) is 2.98. The Hall–Kier alpha value is -2.30. The van der Waals surface area contributed by atoms with E-state index in [2.05, 4.69) is 5.32 Å². The number of rotatable bonds is 3. The number of nitrogens with one attached hydrogen (secondary N) is 1. The summed E-state index contributed by atoms with van der Waals surface area (Å²) in [5.74, 6) is -0.265. The Labute approximate surface area is 120 Å². The second kappa shape index (κ2) is 5.99. The van der Waals surface area contributed by atoms with Crippen LogP contribution in [0.2, 0.25) is 0 Å². The first-order valence-corrected chi connectivity index (χ1v) is 6.37. The van der Waals surface area contributed by atoms with Gasteiger partial charge in [-0.05, 0) is 36.8 Å². The molecule has 2 rings (SSSR count). The Balaban J connectivity index is 1.98. The predicted molar refractivity (Wildman–Crippen MR) is 75.0 cm³/mol. The normalized spacial score (nSPS) is 11.2. The number of alkyl halides is 3. The lowest BCUT2D eigenvalue weighted by atomic mass is 10.1. The van der Waals surface area contributed by atoms with Gasteiger partial charge in [-0.3, -0.25) is 4.79 Å². The third kappa shape index (κ3) is 4.34. The molecule has 0 aliphatic heterocycles. The zero-order valence-electron chi connectivity index (χ0n) is 11.4. The van der Waals surface area contributed by atoms with Crippen LogP contribution < -0.4 is 5.32 Å². The van der Waals surface area contributed by atoms with Gasteiger partial charge in [0.2, 0.25) is 5.91 Å². The van der Waals surface area contributed by atoms with Crippen molar-refractivity contribution < 1.29 is 18.0 Å². The van der Waals surface area contributed by atoms with E-state index in [0.717, 1.165) is 17.7 Å². The topological polar surface area (TPSA) is 29.1 Å². The lowest BCUT2D eigenvalue weighted by Gasteiger charge is -2.08. The molecule has 0 aromatic heterocycles. The van der Waals surface area contributed by atoms with Gasteiger partial charge in [0.05, 0.1) is 12.0 Å². The highest BCUT2D eigenvalue weighted by atomic mass is 19.4. The largest absolute Gasteiger partial charge is 0.416 e. The minimum Gasteiger partial charge on any atom is -0.326 e. The number of carbonyl (C=O) groups excluding carboxylic acids is 1. The summed E-state index contributed by atoms with van der Waals surface area (Å²) in [5, 5.41) is 2.70. The van der Waals surface area contributed by atoms with Gasteiger partial charge >= 0.3 is 6.18 Å². The SMILES string of the molecule is Cc1ccc(NC(=O)Cc2ccc(C(F)(F)F)cc2)cc1. The molecule has 21 heavy (non-hydrogen) atoms. The minimum atomic E-state index is -4.36. The van der Waals surface area contributed by atoms with Crippen LogP contribution in [-0.2, 0) is 17.4 Å². The van der Waals surface area contributed by atoms with Crippen molar-refractivity contribution >= 4 is 11.6 Å². The molecule has 0 spiro atoms. The van der Waals surface area contributed by atoms with E-state index < -0.39 is 11.7 Å². The summed E-state index contributed by atoms with van der Waals surface area (Å²) in [7, 11) is 0. The minimum absolute atomic E-state index is 0.0337. The molecular weight excluding hydrogens is 279 g/mol. The molecule has 0 bridgehead atoms. The van der Waals surface area contributed by atoms with Crippen LogP contribution >= 0.6 is 0 Å². The number of benzene rings is 2. The first kappa shape index (κ1) is 15.1. The Morgan fingerprint density at radius 2 is 1.57 bits per heavy atom. The standard InChI is InChI=1S/C16H14F3NO/c1-11-2-8-14(9-3-11)20-15(21)10-12-4-6-13(7-5-12)16(17,18)19/h2-9H,10H2,1H3,(H,20,21). The van der Waals surface area contributed by atoms with Crippen molar-refractivity contribution in [3.05, 3.63) is 65.2 Å². The number of aryl methyl sites for hydroxylation is 1. The Bertz CT molecular complexity index is 615. The van der Waals surface area contributed by atoms with Crippen LogP contribution in [0.3, 0.4) is 0 Å². The van der Waals surface area contributed by atoms with Gasteiger partial charge in [0.15, 0.2) is 0 Å². The van der Waals surface area contributed by atoms with Crippen LogP contribution in [0.15, 0.2) is 48.5 Å². The van der Waals surface area contributed by atoms with Crippen molar-refractivity contribution in [3.8, 4) is 0 Å². The van der Waals surface area contributed by atoms with Crippen molar-refractivity contribution in [1.82, 2.24) is 0 Å². The number of hydrogen-bond donors (Lipinski definition) is 1. The van der Waals surface area contributed by atoms with Crippen LogP contribution in [0.5, 0.6) is 0 Å². The number of carbonyl (C=O) groups is 1. The Morgan fingerprint density at radius 1 is 1.00 bits per heavy atom. The van der Waals surface area contributed by atoms with E-state index in [9.17, 15) is 18.0 Å². The molecule has 0 saturated carbocycles. The molecule has 1 N–H and O–H groups in total. The van der Waals surface area contributed by atoms with Gasteiger partial charge in [-0.2, -0.15) is 13.2 Å². The van der Waals surface area contributed by atoms with E-state index >= 15 is 0 Å². The van der Waals surface area contributed by atoms with E-state index in [-0.39, 0.29) is 12.3 Å². The van der Waals surface area contributed by atoms with Gasteiger partial charge < -0.3 is 5.32 Å². The smallest absolute Gasteiger partial charge is 0.326 e. The van der Waals surface area contributed by atoms with Crippen LogP contribution in [0.25, 0.3) is 0 Å². The maximum Gasteiger partial charge on any atom is 0.416 e. The summed E-state index contributed by atoms with van der Waals surface area (Å²) < 4.78 is 37.3. The lowest BCUT2D eigenvalue weighted by Crippen LogP contribution is -2.14. The van der Waals surface area contributed by atoms with E-state index in [0.29, 0.717) is 11.3 Å². The van der Waals surface area contributed by atoms with E-state index in [1.165, 1.54) is 12.1 Å². The van der Waals surface area contributed by atoms with E-state index in [1.807, 2.05) is 19.1 Å². The van der Waals surface area contributed by atoms with Crippen LogP contribution in [0, 0.1) is 6.92 Å². The van der Waals surface area contributed by atoms with Crippen molar-refractivity contribution in [2.45, 2.75) is 19.5 Å². The van der Waals surface area contributed by atoms with Gasteiger partial charge in [0, 0.05) is 5.69 Å². The quantitative estimate of drug-likeness (QED) is 0.903. The maximum absolute atomic E-state index is 12.4. The highest BCUT2D eigenvalue weighted by Gasteiger charge is 2.29. The molecule has 1 amide bonds. The zero-order valence-corrected chi connectivity index (χ0v) is 11.4. The molecular formula is C16H14F3NO. The zero-order chi connectivity index (χ0) is 15.5. The average molecular weight is 293 g/mol. The average Bonchev–Trinajstić information content (AvgIpc) is 2.41. The molecule has 0 heterocycles. The van der Waals surface area contributed by atoms with Crippen LogP contribution in [-0.4, -0.2) is 5.91 Å². The van der Waals surface area contributed by atoms with Crippen molar-refractivity contribution in [2.75, 3.05) is 5.32 Å². The van der Waals surface area contributed by atoms with Gasteiger partial charge in [0.1, 0.15) is 0 Å². The summed E-state index contributed by atoms with van der Waals surface area (Å²) in [6.07, 6.45) is -4.32. The summed E-state index contributed by atoms with van der Waals surface area (Å²) in [6, 6.07) is 11.9. The Kier molecular flexibility index (Phi) is 4.31. The molecule has 2 nitrogen and oxygen atoms in total. The predicted octanol–water partition coefficient (Wildman–Crippen LogP) is 4.20. The van der Waals surface area contributed by atoms with Gasteiger partial charge in [0.25, 0.3) is 0 Å². The highest BCUT2D eigenvalue weighted by Crippen LogP contribution is 2.29. The molecule has 2 aromatic rings. The lowest BCUT2D eigenvalue weighted by molar-refractivity contribution is -0.137. The van der Waals surface area contributed by atoms with Gasteiger partial charge in [-0.15, -0.1) is 0 Å². The van der Waals surface area contributed by atoms with Crippen LogP contribution in [0.1, 0.15) is 16.7 Å². The fraction of sp³-hybridized carbons (Fsp3) is 0.188. The highest BCUT2D eigenvalue weighted by molar-refractivity contribution is 5.92. The molecule has 2 aromatic carbocycles. The number of anilines is 1. The maximum atomic E-state index is 12.4. The van der Waals surface area contributed by atoms with Gasteiger partial charge in [-0.1, -0.05) is 29.8 Å². The molecule has 0 fully saturated rings. The number of amides is 1. The molecule has 110 valence electrons. The third-order valence-electron chi connectivity index (χ3n) is 2.98. The number of halogens is 3. The first-order valence-electron chi connectivity index (χ1n) is 6.37. The van der Waals surface area contributed by atoms with E-state index in [4.69, 9.17) is 0 Å². The monoisotopic (exact) mass is 293 g/mol. The fourth-order valence-electron chi connectivity index (χ4n) is 1.84. The van der Waals surface area contributed by atoms with Gasteiger partial charge in [-0.25, -0.2) is 0 Å². The number of hydrogen-bond acceptors (Lipinski definition) is 1. The second-order valence-corrected chi connectivity index (χ2v) is 4.79. The second-order valence-electron chi connectivity index (χ2n) is 4.79. The van der Waals surface area contributed by atoms with Crippen molar-refractivity contribution in [3.63, 3.8) is 0 Å². The first-order chi connectivity index (χ1) is 9.84. The van der Waals surface area contributed by atoms with Crippen LogP contribution in [0.4, 0.5) is 18.9 Å². The summed E-state index contributed by atoms with van der Waals surface area (Å²) in [5.41, 5.74) is 1.56. The Morgan fingerprint density at radius 3 is 2.10 bits per heavy atom. The molecule has 0 atom stereocenters. The fourth-order valence-corrected chi connectivity index (χ4v) is 1.84.